The van der Waals surface area contributed by atoms with E-state index in [4.69, 9.17) is 0 Å². The Morgan fingerprint density at radius 2 is 1.62 bits per heavy atom. The molecule has 0 saturated carbocycles. The second-order valence-corrected chi connectivity index (χ2v) is 6.95. The third-order valence-corrected chi connectivity index (χ3v) is 4.58. The molecule has 0 radical (unpaired) electrons. The Labute approximate surface area is 155 Å². The van der Waals surface area contributed by atoms with Crippen LogP contribution in [-0.4, -0.2) is 59.1 Å². The summed E-state index contributed by atoms with van der Waals surface area (Å²) in [6.45, 7) is 14.3. The number of nitrogens with one attached hydrogen (secondary N) is 3. The fraction of sp³-hybridized carbons (Fsp3) is 0.526. The van der Waals surface area contributed by atoms with Crippen LogP contribution >= 0.6 is 0 Å². The number of rotatable bonds is 6. The minimum Gasteiger partial charge on any atom is -0.353 e. The van der Waals surface area contributed by atoms with Gasteiger partial charge in [0.15, 0.2) is 0 Å². The number of hydrogen-bond acceptors (Lipinski definition) is 7. The SMILES string of the molecule is Cc1cc(C)c(Nc2nc(C)nc(NCCN3CCNCC3)n2)c(C)c1. The van der Waals surface area contributed by atoms with Gasteiger partial charge in [-0.2, -0.15) is 15.0 Å². The van der Waals surface area contributed by atoms with Crippen LogP contribution in [0.3, 0.4) is 0 Å². The van der Waals surface area contributed by atoms with Crippen molar-refractivity contribution in [1.29, 1.82) is 0 Å². The molecule has 140 valence electrons. The summed E-state index contributed by atoms with van der Waals surface area (Å²) in [5.41, 5.74) is 4.70. The second-order valence-electron chi connectivity index (χ2n) is 6.95. The molecule has 0 bridgehead atoms. The lowest BCUT2D eigenvalue weighted by Crippen LogP contribution is -2.45. The number of nitrogens with zero attached hydrogens (tertiary/aromatic N) is 4. The van der Waals surface area contributed by atoms with Gasteiger partial charge in [-0.3, -0.25) is 4.90 Å². The maximum atomic E-state index is 4.54. The first-order valence-corrected chi connectivity index (χ1v) is 9.26. The van der Waals surface area contributed by atoms with E-state index in [-0.39, 0.29) is 0 Å². The third kappa shape index (κ3) is 4.89. The number of hydrogen-bond donors (Lipinski definition) is 3. The lowest BCUT2D eigenvalue weighted by Gasteiger charge is -2.27. The summed E-state index contributed by atoms with van der Waals surface area (Å²) in [6, 6.07) is 4.33. The Hall–Kier alpha value is -2.25. The van der Waals surface area contributed by atoms with E-state index < -0.39 is 0 Å². The minimum atomic E-state index is 0.581. The molecule has 1 aliphatic rings. The number of anilines is 3. The van der Waals surface area contributed by atoms with Crippen LogP contribution < -0.4 is 16.0 Å². The summed E-state index contributed by atoms with van der Waals surface area (Å²) in [6.07, 6.45) is 0. The highest BCUT2D eigenvalue weighted by atomic mass is 15.2. The molecule has 0 spiro atoms. The summed E-state index contributed by atoms with van der Waals surface area (Å²) < 4.78 is 0. The van der Waals surface area contributed by atoms with Gasteiger partial charge >= 0.3 is 0 Å². The van der Waals surface area contributed by atoms with Gasteiger partial charge in [0, 0.05) is 45.0 Å². The molecule has 2 heterocycles. The van der Waals surface area contributed by atoms with Crippen LogP contribution in [0, 0.1) is 27.7 Å². The average molecular weight is 355 g/mol. The standard InChI is InChI=1S/C19H29N7/c1-13-11-14(2)17(15(3)12-13)24-19-23-16(4)22-18(25-19)21-7-10-26-8-5-20-6-9-26/h11-12,20H,5-10H2,1-4H3,(H2,21,22,23,24,25). The summed E-state index contributed by atoms with van der Waals surface area (Å²) in [5.74, 6) is 1.91. The van der Waals surface area contributed by atoms with Crippen molar-refractivity contribution in [3.05, 3.63) is 34.6 Å². The van der Waals surface area contributed by atoms with Crippen molar-refractivity contribution in [2.24, 2.45) is 0 Å². The molecule has 1 aromatic heterocycles. The topological polar surface area (TPSA) is 78.0 Å². The maximum Gasteiger partial charge on any atom is 0.232 e. The van der Waals surface area contributed by atoms with Crippen LogP contribution in [0.5, 0.6) is 0 Å². The van der Waals surface area contributed by atoms with Gasteiger partial charge in [-0.25, -0.2) is 0 Å². The molecule has 0 amide bonds. The Balaban J connectivity index is 1.65. The van der Waals surface area contributed by atoms with Crippen molar-refractivity contribution in [2.45, 2.75) is 27.7 Å². The lowest BCUT2D eigenvalue weighted by molar-refractivity contribution is 0.249. The largest absolute Gasteiger partial charge is 0.353 e. The average Bonchev–Trinajstić information content (AvgIpc) is 2.59. The van der Waals surface area contributed by atoms with Crippen molar-refractivity contribution in [1.82, 2.24) is 25.2 Å². The molecule has 3 rings (SSSR count). The molecule has 3 N–H and O–H groups in total. The smallest absolute Gasteiger partial charge is 0.232 e. The van der Waals surface area contributed by atoms with Crippen LogP contribution in [0.15, 0.2) is 12.1 Å². The number of aryl methyl sites for hydroxylation is 4. The van der Waals surface area contributed by atoms with E-state index in [1.807, 2.05) is 6.92 Å². The first-order chi connectivity index (χ1) is 12.5. The molecule has 7 heteroatoms. The highest BCUT2D eigenvalue weighted by Gasteiger charge is 2.11. The summed E-state index contributed by atoms with van der Waals surface area (Å²) >= 11 is 0. The summed E-state index contributed by atoms with van der Waals surface area (Å²) in [5, 5.41) is 10.1. The zero-order valence-electron chi connectivity index (χ0n) is 16.2. The minimum absolute atomic E-state index is 0.581. The van der Waals surface area contributed by atoms with Crippen LogP contribution in [-0.2, 0) is 0 Å². The summed E-state index contributed by atoms with van der Waals surface area (Å²) in [7, 11) is 0. The molecule has 1 fully saturated rings. The van der Waals surface area contributed by atoms with E-state index in [0.717, 1.165) is 45.0 Å². The van der Waals surface area contributed by atoms with E-state index in [2.05, 4.69) is 68.7 Å². The molecule has 2 aromatic rings. The highest BCUT2D eigenvalue weighted by Crippen LogP contribution is 2.24. The van der Waals surface area contributed by atoms with Crippen molar-refractivity contribution in [2.75, 3.05) is 49.9 Å². The molecule has 0 unspecified atom stereocenters. The molecule has 1 aliphatic heterocycles. The van der Waals surface area contributed by atoms with Crippen molar-refractivity contribution < 1.29 is 0 Å². The van der Waals surface area contributed by atoms with E-state index in [9.17, 15) is 0 Å². The first-order valence-electron chi connectivity index (χ1n) is 9.26. The lowest BCUT2D eigenvalue weighted by atomic mass is 10.1. The monoisotopic (exact) mass is 355 g/mol. The number of piperazine rings is 1. The van der Waals surface area contributed by atoms with E-state index in [1.54, 1.807) is 0 Å². The van der Waals surface area contributed by atoms with Gasteiger partial charge in [0.25, 0.3) is 0 Å². The molecular formula is C19H29N7. The van der Waals surface area contributed by atoms with Crippen LogP contribution in [0.25, 0.3) is 0 Å². The maximum absolute atomic E-state index is 4.54. The van der Waals surface area contributed by atoms with Gasteiger partial charge in [-0.1, -0.05) is 17.7 Å². The molecule has 26 heavy (non-hydrogen) atoms. The molecule has 0 aliphatic carbocycles. The number of benzene rings is 1. The van der Waals surface area contributed by atoms with E-state index >= 15 is 0 Å². The van der Waals surface area contributed by atoms with Crippen molar-refractivity contribution in [3.8, 4) is 0 Å². The van der Waals surface area contributed by atoms with Gasteiger partial charge in [0.05, 0.1) is 0 Å². The second kappa shape index (κ2) is 8.42. The van der Waals surface area contributed by atoms with Crippen molar-refractivity contribution in [3.63, 3.8) is 0 Å². The predicted octanol–water partition coefficient (Wildman–Crippen LogP) is 2.17. The van der Waals surface area contributed by atoms with Crippen LogP contribution in [0.2, 0.25) is 0 Å². The Bertz CT molecular complexity index is 731. The predicted molar refractivity (Wildman–Crippen MR) is 106 cm³/mol. The van der Waals surface area contributed by atoms with Crippen LogP contribution in [0.4, 0.5) is 17.6 Å². The Morgan fingerprint density at radius 3 is 2.31 bits per heavy atom. The number of aromatic nitrogens is 3. The molecule has 1 saturated heterocycles. The zero-order valence-corrected chi connectivity index (χ0v) is 16.2. The van der Waals surface area contributed by atoms with Gasteiger partial charge in [-0.15, -0.1) is 0 Å². The fourth-order valence-corrected chi connectivity index (χ4v) is 3.37. The van der Waals surface area contributed by atoms with Crippen molar-refractivity contribution >= 4 is 17.6 Å². The summed E-state index contributed by atoms with van der Waals surface area (Å²) in [4.78, 5) is 15.8. The van der Waals surface area contributed by atoms with Gasteiger partial charge < -0.3 is 16.0 Å². The Morgan fingerprint density at radius 1 is 0.962 bits per heavy atom. The first kappa shape index (κ1) is 18.5. The Kier molecular flexibility index (Phi) is 6.00. The highest BCUT2D eigenvalue weighted by molar-refractivity contribution is 5.64. The molecule has 1 aromatic carbocycles. The zero-order chi connectivity index (χ0) is 18.5. The van der Waals surface area contributed by atoms with E-state index in [1.165, 1.54) is 16.7 Å². The third-order valence-electron chi connectivity index (χ3n) is 4.58. The van der Waals surface area contributed by atoms with E-state index in [0.29, 0.717) is 17.7 Å². The molecule has 0 atom stereocenters. The molecule has 7 nitrogen and oxygen atoms in total. The normalized spacial score (nSPS) is 15.1. The van der Waals surface area contributed by atoms with Gasteiger partial charge in [0.1, 0.15) is 5.82 Å². The van der Waals surface area contributed by atoms with Crippen LogP contribution in [0.1, 0.15) is 22.5 Å². The molecular weight excluding hydrogens is 326 g/mol. The fourth-order valence-electron chi connectivity index (χ4n) is 3.37. The van der Waals surface area contributed by atoms with Gasteiger partial charge in [-0.05, 0) is 38.8 Å². The van der Waals surface area contributed by atoms with Gasteiger partial charge in [0.2, 0.25) is 11.9 Å². The quantitative estimate of drug-likeness (QED) is 0.733.